The Labute approximate surface area is 323 Å². The summed E-state index contributed by atoms with van der Waals surface area (Å²) in [6.07, 6.45) is 0. The van der Waals surface area contributed by atoms with Crippen molar-refractivity contribution in [3.63, 3.8) is 0 Å². The number of benzene rings is 9. The molecule has 0 saturated heterocycles. The number of hydrogen-bond acceptors (Lipinski definition) is 2. The quantitative estimate of drug-likeness (QED) is 0.166. The number of rotatable bonds is 6. The third-order valence-electron chi connectivity index (χ3n) is 11.0. The molecule has 0 aliphatic heterocycles. The fraction of sp³-hybridized carbons (Fsp3) is 0. The maximum Gasteiger partial charge on any atom is 0.0619 e. The molecular weight excluding hydrogens is 685 g/mol. The molecule has 55 heavy (non-hydrogen) atoms. The zero-order valence-electron chi connectivity index (χ0n) is 29.9. The first-order valence-electron chi connectivity index (χ1n) is 18.8. The molecular formula is C52H34N2S. The summed E-state index contributed by atoms with van der Waals surface area (Å²) in [5, 5.41) is 7.66. The standard InChI is InChI=1S/C52H34N2S/c1-2-12-35(13-3-1)36-24-27-39(28-25-36)53(42-16-10-15-38(34-42)43-20-11-23-50-51(43)47-19-7-9-22-49(47)55-50)40-29-31-41(32-30-40)54-48-21-8-6-18-45(48)46-33-26-37-14-4-5-17-44(37)52(46)54/h1-34H. The van der Waals surface area contributed by atoms with Crippen LogP contribution in [0.15, 0.2) is 206 Å². The van der Waals surface area contributed by atoms with Crippen LogP contribution in [0.2, 0.25) is 0 Å². The van der Waals surface area contributed by atoms with Crippen LogP contribution in [0, 0.1) is 0 Å². The Morgan fingerprint density at radius 2 is 1.02 bits per heavy atom. The zero-order valence-corrected chi connectivity index (χ0v) is 30.7. The third-order valence-corrected chi connectivity index (χ3v) is 12.1. The topological polar surface area (TPSA) is 8.17 Å². The lowest BCUT2D eigenvalue weighted by Gasteiger charge is -2.26. The van der Waals surface area contributed by atoms with Crippen LogP contribution in [-0.2, 0) is 0 Å². The van der Waals surface area contributed by atoms with E-state index in [0.29, 0.717) is 0 Å². The predicted molar refractivity (Wildman–Crippen MR) is 237 cm³/mol. The van der Waals surface area contributed by atoms with E-state index in [4.69, 9.17) is 0 Å². The van der Waals surface area contributed by atoms with Gasteiger partial charge in [-0.25, -0.2) is 0 Å². The van der Waals surface area contributed by atoms with Gasteiger partial charge in [0, 0.05) is 59.1 Å². The van der Waals surface area contributed by atoms with Crippen LogP contribution in [0.25, 0.3) is 80.7 Å². The van der Waals surface area contributed by atoms with Gasteiger partial charge < -0.3 is 9.47 Å². The molecule has 11 aromatic rings. The van der Waals surface area contributed by atoms with E-state index in [-0.39, 0.29) is 0 Å². The molecule has 2 aromatic heterocycles. The normalized spacial score (nSPS) is 11.6. The lowest BCUT2D eigenvalue weighted by molar-refractivity contribution is 1.18. The second-order valence-corrected chi connectivity index (χ2v) is 15.2. The molecule has 11 rings (SSSR count). The van der Waals surface area contributed by atoms with Crippen LogP contribution >= 0.6 is 11.3 Å². The summed E-state index contributed by atoms with van der Waals surface area (Å²) in [5.74, 6) is 0. The van der Waals surface area contributed by atoms with Crippen molar-refractivity contribution >= 4 is 81.1 Å². The largest absolute Gasteiger partial charge is 0.310 e. The Morgan fingerprint density at radius 3 is 1.85 bits per heavy atom. The summed E-state index contributed by atoms with van der Waals surface area (Å²) in [7, 11) is 0. The van der Waals surface area contributed by atoms with Crippen LogP contribution < -0.4 is 4.90 Å². The molecule has 0 radical (unpaired) electrons. The minimum atomic E-state index is 1.10. The lowest BCUT2D eigenvalue weighted by atomic mass is 9.98. The van der Waals surface area contributed by atoms with Crippen molar-refractivity contribution in [1.82, 2.24) is 4.57 Å². The van der Waals surface area contributed by atoms with Crippen LogP contribution in [0.3, 0.4) is 0 Å². The van der Waals surface area contributed by atoms with Gasteiger partial charge in [-0.2, -0.15) is 0 Å². The third kappa shape index (κ3) is 5.24. The molecule has 258 valence electrons. The van der Waals surface area contributed by atoms with Gasteiger partial charge in [0.25, 0.3) is 0 Å². The van der Waals surface area contributed by atoms with E-state index in [1.54, 1.807) is 0 Å². The summed E-state index contributed by atoms with van der Waals surface area (Å²) in [5.41, 5.74) is 11.7. The van der Waals surface area contributed by atoms with Gasteiger partial charge in [0.05, 0.1) is 11.0 Å². The van der Waals surface area contributed by atoms with Gasteiger partial charge in [-0.1, -0.05) is 140 Å². The first kappa shape index (κ1) is 31.6. The van der Waals surface area contributed by atoms with E-state index in [0.717, 1.165) is 22.7 Å². The summed E-state index contributed by atoms with van der Waals surface area (Å²) < 4.78 is 5.06. The van der Waals surface area contributed by atoms with Gasteiger partial charge in [-0.05, 0) is 94.4 Å². The molecule has 0 atom stereocenters. The summed E-state index contributed by atoms with van der Waals surface area (Å²) in [4.78, 5) is 2.38. The van der Waals surface area contributed by atoms with Crippen LogP contribution in [0.5, 0.6) is 0 Å². The number of para-hydroxylation sites is 1. The van der Waals surface area contributed by atoms with Crippen molar-refractivity contribution in [2.24, 2.45) is 0 Å². The number of thiophene rings is 1. The fourth-order valence-electron chi connectivity index (χ4n) is 8.46. The Bertz CT molecular complexity index is 3190. The highest BCUT2D eigenvalue weighted by atomic mass is 32.1. The molecule has 0 fully saturated rings. The number of fused-ring (bicyclic) bond motifs is 8. The Kier molecular flexibility index (Phi) is 7.39. The maximum atomic E-state index is 2.43. The van der Waals surface area contributed by atoms with Crippen molar-refractivity contribution in [1.29, 1.82) is 0 Å². The van der Waals surface area contributed by atoms with Crippen molar-refractivity contribution in [3.8, 4) is 27.9 Å². The highest BCUT2D eigenvalue weighted by molar-refractivity contribution is 7.25. The molecule has 9 aromatic carbocycles. The average molecular weight is 719 g/mol. The minimum absolute atomic E-state index is 1.10. The van der Waals surface area contributed by atoms with Crippen molar-refractivity contribution in [2.45, 2.75) is 0 Å². The molecule has 0 spiro atoms. The van der Waals surface area contributed by atoms with E-state index >= 15 is 0 Å². The van der Waals surface area contributed by atoms with E-state index in [1.165, 1.54) is 75.0 Å². The van der Waals surface area contributed by atoms with Gasteiger partial charge >= 0.3 is 0 Å². The molecule has 0 amide bonds. The van der Waals surface area contributed by atoms with Crippen LogP contribution in [-0.4, -0.2) is 4.57 Å². The SMILES string of the molecule is c1ccc(-c2ccc(N(c3ccc(-n4c5ccccc5c5ccc6ccccc6c54)cc3)c3cccc(-c4cccc5sc6ccccc6c45)c3)cc2)cc1. The Hall–Kier alpha value is -6.94. The number of aromatic nitrogens is 1. The Balaban J connectivity index is 1.07. The van der Waals surface area contributed by atoms with Crippen LogP contribution in [0.1, 0.15) is 0 Å². The summed E-state index contributed by atoms with van der Waals surface area (Å²) >= 11 is 1.86. The minimum Gasteiger partial charge on any atom is -0.310 e. The highest BCUT2D eigenvalue weighted by Crippen LogP contribution is 2.43. The second kappa shape index (κ2) is 12.9. The molecule has 2 nitrogen and oxygen atoms in total. The molecule has 0 bridgehead atoms. The van der Waals surface area contributed by atoms with Gasteiger partial charge in [0.15, 0.2) is 0 Å². The smallest absolute Gasteiger partial charge is 0.0619 e. The van der Waals surface area contributed by atoms with E-state index in [9.17, 15) is 0 Å². The van der Waals surface area contributed by atoms with E-state index in [2.05, 4.69) is 216 Å². The lowest BCUT2D eigenvalue weighted by Crippen LogP contribution is -2.10. The molecule has 0 unspecified atom stereocenters. The fourth-order valence-corrected chi connectivity index (χ4v) is 9.59. The summed E-state index contributed by atoms with van der Waals surface area (Å²) in [6.45, 7) is 0. The van der Waals surface area contributed by atoms with E-state index in [1.807, 2.05) is 11.3 Å². The first-order chi connectivity index (χ1) is 27.3. The maximum absolute atomic E-state index is 2.43. The van der Waals surface area contributed by atoms with Gasteiger partial charge in [0.1, 0.15) is 0 Å². The Morgan fingerprint density at radius 1 is 0.382 bits per heavy atom. The monoisotopic (exact) mass is 718 g/mol. The molecule has 0 aliphatic carbocycles. The molecule has 3 heteroatoms. The first-order valence-corrected chi connectivity index (χ1v) is 19.6. The molecule has 0 saturated carbocycles. The zero-order chi connectivity index (χ0) is 36.3. The predicted octanol–water partition coefficient (Wildman–Crippen LogP) is 15.1. The van der Waals surface area contributed by atoms with Gasteiger partial charge in [-0.15, -0.1) is 11.3 Å². The number of hydrogen-bond donors (Lipinski definition) is 0. The van der Waals surface area contributed by atoms with Gasteiger partial charge in [-0.3, -0.25) is 0 Å². The summed E-state index contributed by atoms with van der Waals surface area (Å²) in [6, 6.07) is 75.1. The highest BCUT2D eigenvalue weighted by Gasteiger charge is 2.18. The number of nitrogens with zero attached hydrogens (tertiary/aromatic N) is 2. The van der Waals surface area contributed by atoms with Gasteiger partial charge in [0.2, 0.25) is 0 Å². The van der Waals surface area contributed by atoms with Crippen molar-refractivity contribution < 1.29 is 0 Å². The second-order valence-electron chi connectivity index (χ2n) is 14.1. The van der Waals surface area contributed by atoms with Crippen molar-refractivity contribution in [2.75, 3.05) is 4.90 Å². The average Bonchev–Trinajstić information content (AvgIpc) is 3.81. The van der Waals surface area contributed by atoms with Crippen LogP contribution in [0.4, 0.5) is 17.1 Å². The number of anilines is 3. The molecule has 0 aliphatic rings. The molecule has 2 heterocycles. The molecule has 0 N–H and O–H groups in total. The van der Waals surface area contributed by atoms with Crippen molar-refractivity contribution in [3.05, 3.63) is 206 Å². The van der Waals surface area contributed by atoms with E-state index < -0.39 is 0 Å².